The van der Waals surface area contributed by atoms with Crippen molar-refractivity contribution in [3.8, 4) is 5.75 Å². The summed E-state index contributed by atoms with van der Waals surface area (Å²) in [6.45, 7) is 3.56. The van der Waals surface area contributed by atoms with Gasteiger partial charge in [0.05, 0.1) is 17.5 Å². The van der Waals surface area contributed by atoms with E-state index in [4.69, 9.17) is 27.9 Å². The van der Waals surface area contributed by atoms with Gasteiger partial charge in [-0.2, -0.15) is 0 Å². The average Bonchev–Trinajstić information content (AvgIpc) is 2.29. The fourth-order valence-corrected chi connectivity index (χ4v) is 1.48. The first-order valence-corrected chi connectivity index (χ1v) is 6.03. The van der Waals surface area contributed by atoms with Gasteiger partial charge in [-0.15, -0.1) is 11.6 Å². The highest BCUT2D eigenvalue weighted by atomic mass is 35.5. The molecule has 17 heavy (non-hydrogen) atoms. The summed E-state index contributed by atoms with van der Waals surface area (Å²) in [5.41, 5.74) is 0.00696. The molecule has 0 saturated heterocycles. The van der Waals surface area contributed by atoms with Crippen LogP contribution in [0.15, 0.2) is 18.2 Å². The molecule has 1 amide bonds. The molecule has 0 aliphatic heterocycles. The first-order chi connectivity index (χ1) is 7.90. The average molecular weight is 276 g/mol. The Bertz CT molecular complexity index is 419. The maximum absolute atomic E-state index is 11.9. The molecule has 0 radical (unpaired) electrons. The van der Waals surface area contributed by atoms with E-state index in [1.165, 1.54) is 7.11 Å². The monoisotopic (exact) mass is 275 g/mol. The predicted molar refractivity (Wildman–Crippen MR) is 71.1 cm³/mol. The Labute approximate surface area is 111 Å². The van der Waals surface area contributed by atoms with Gasteiger partial charge in [-0.1, -0.05) is 11.6 Å². The highest BCUT2D eigenvalue weighted by molar-refractivity contribution is 6.32. The van der Waals surface area contributed by atoms with Gasteiger partial charge in [-0.25, -0.2) is 0 Å². The summed E-state index contributed by atoms with van der Waals surface area (Å²) >= 11 is 11.7. The smallest absolute Gasteiger partial charge is 0.231 e. The summed E-state index contributed by atoms with van der Waals surface area (Å²) in [4.78, 5) is 11.9. The number of benzene rings is 1. The number of carbonyl (C=O) groups is 1. The lowest BCUT2D eigenvalue weighted by molar-refractivity contribution is -0.122. The lowest BCUT2D eigenvalue weighted by Crippen LogP contribution is -2.32. The molecule has 0 heterocycles. The lowest BCUT2D eigenvalue weighted by atomic mass is 9.95. The number of hydrogen-bond donors (Lipinski definition) is 1. The number of hydrogen-bond acceptors (Lipinski definition) is 2. The van der Waals surface area contributed by atoms with Crippen molar-refractivity contribution in [1.29, 1.82) is 0 Å². The molecule has 3 nitrogen and oxygen atoms in total. The van der Waals surface area contributed by atoms with Gasteiger partial charge in [0.25, 0.3) is 0 Å². The number of rotatable bonds is 4. The molecule has 94 valence electrons. The fraction of sp³-hybridized carbons (Fsp3) is 0.417. The quantitative estimate of drug-likeness (QED) is 0.854. The molecule has 0 saturated carbocycles. The molecule has 0 fully saturated rings. The Balaban J connectivity index is 2.83. The topological polar surface area (TPSA) is 38.3 Å². The van der Waals surface area contributed by atoms with Crippen molar-refractivity contribution in [1.82, 2.24) is 0 Å². The van der Waals surface area contributed by atoms with E-state index >= 15 is 0 Å². The van der Waals surface area contributed by atoms with Crippen molar-refractivity contribution in [2.24, 2.45) is 5.41 Å². The normalized spacial score (nSPS) is 11.1. The molecular weight excluding hydrogens is 261 g/mol. The SMILES string of the molecule is COc1ccc(NC(=O)C(C)(C)CCl)cc1Cl. The van der Waals surface area contributed by atoms with E-state index in [0.29, 0.717) is 16.5 Å². The number of anilines is 1. The van der Waals surface area contributed by atoms with E-state index in [2.05, 4.69) is 5.32 Å². The maximum Gasteiger partial charge on any atom is 0.231 e. The van der Waals surface area contributed by atoms with Crippen molar-refractivity contribution < 1.29 is 9.53 Å². The highest BCUT2D eigenvalue weighted by Crippen LogP contribution is 2.28. The van der Waals surface area contributed by atoms with Crippen molar-refractivity contribution in [2.75, 3.05) is 18.3 Å². The standard InChI is InChI=1S/C12H15Cl2NO2/c1-12(2,7-13)11(16)15-8-4-5-10(17-3)9(14)6-8/h4-6H,7H2,1-3H3,(H,15,16). The number of amides is 1. The van der Waals surface area contributed by atoms with E-state index in [1.54, 1.807) is 32.0 Å². The minimum Gasteiger partial charge on any atom is -0.495 e. The van der Waals surface area contributed by atoms with Gasteiger partial charge in [0.15, 0.2) is 0 Å². The van der Waals surface area contributed by atoms with Crippen LogP contribution >= 0.6 is 23.2 Å². The van der Waals surface area contributed by atoms with Gasteiger partial charge in [-0.3, -0.25) is 4.79 Å². The third kappa shape index (κ3) is 3.51. The summed E-state index contributed by atoms with van der Waals surface area (Å²) in [6, 6.07) is 5.07. The highest BCUT2D eigenvalue weighted by Gasteiger charge is 2.26. The summed E-state index contributed by atoms with van der Waals surface area (Å²) < 4.78 is 5.03. The summed E-state index contributed by atoms with van der Waals surface area (Å²) in [6.07, 6.45) is 0. The van der Waals surface area contributed by atoms with Gasteiger partial charge in [-0.05, 0) is 32.0 Å². The zero-order valence-electron chi connectivity index (χ0n) is 10.0. The molecule has 0 aliphatic carbocycles. The second-order valence-electron chi connectivity index (χ2n) is 4.32. The molecule has 1 aromatic carbocycles. The minimum absolute atomic E-state index is 0.145. The Hall–Kier alpha value is -0.930. The Kier molecular flexibility index (Phi) is 4.66. The first-order valence-electron chi connectivity index (χ1n) is 5.11. The van der Waals surface area contributed by atoms with Crippen LogP contribution in [-0.2, 0) is 4.79 Å². The van der Waals surface area contributed by atoms with Gasteiger partial charge in [0.1, 0.15) is 5.75 Å². The molecule has 1 N–H and O–H groups in total. The van der Waals surface area contributed by atoms with Crippen LogP contribution < -0.4 is 10.1 Å². The van der Waals surface area contributed by atoms with Crippen molar-refractivity contribution >= 4 is 34.8 Å². The van der Waals surface area contributed by atoms with Gasteiger partial charge in [0, 0.05) is 11.6 Å². The third-order valence-corrected chi connectivity index (χ3v) is 3.32. The number of alkyl halides is 1. The molecule has 1 aromatic rings. The Morgan fingerprint density at radius 3 is 2.59 bits per heavy atom. The fourth-order valence-electron chi connectivity index (χ4n) is 1.11. The molecule has 5 heteroatoms. The zero-order chi connectivity index (χ0) is 13.1. The first kappa shape index (κ1) is 14.1. The van der Waals surface area contributed by atoms with Crippen LogP contribution in [0.4, 0.5) is 5.69 Å². The largest absolute Gasteiger partial charge is 0.495 e. The maximum atomic E-state index is 11.9. The molecule has 0 bridgehead atoms. The second-order valence-corrected chi connectivity index (χ2v) is 5.00. The van der Waals surface area contributed by atoms with Crippen LogP contribution in [0.3, 0.4) is 0 Å². The third-order valence-electron chi connectivity index (χ3n) is 2.36. The van der Waals surface area contributed by atoms with E-state index in [9.17, 15) is 4.79 Å². The number of ether oxygens (including phenoxy) is 1. The van der Waals surface area contributed by atoms with Crippen LogP contribution in [-0.4, -0.2) is 18.9 Å². The van der Waals surface area contributed by atoms with Crippen molar-refractivity contribution in [3.05, 3.63) is 23.2 Å². The number of methoxy groups -OCH3 is 1. The lowest BCUT2D eigenvalue weighted by Gasteiger charge is -2.20. The molecule has 0 spiro atoms. The molecule has 0 atom stereocenters. The van der Waals surface area contributed by atoms with E-state index in [-0.39, 0.29) is 11.8 Å². The van der Waals surface area contributed by atoms with Crippen molar-refractivity contribution in [2.45, 2.75) is 13.8 Å². The van der Waals surface area contributed by atoms with Gasteiger partial charge >= 0.3 is 0 Å². The molecule has 0 aliphatic rings. The molecular formula is C12H15Cl2NO2. The Morgan fingerprint density at radius 2 is 2.12 bits per heavy atom. The van der Waals surface area contributed by atoms with Crippen LogP contribution in [0.5, 0.6) is 5.75 Å². The molecule has 0 unspecified atom stereocenters. The van der Waals surface area contributed by atoms with E-state index in [1.807, 2.05) is 0 Å². The van der Waals surface area contributed by atoms with Crippen LogP contribution in [0.25, 0.3) is 0 Å². The minimum atomic E-state index is -0.617. The summed E-state index contributed by atoms with van der Waals surface area (Å²) in [7, 11) is 1.54. The molecule has 1 rings (SSSR count). The van der Waals surface area contributed by atoms with Crippen molar-refractivity contribution in [3.63, 3.8) is 0 Å². The predicted octanol–water partition coefficient (Wildman–Crippen LogP) is 3.55. The second kappa shape index (κ2) is 5.61. The summed E-state index contributed by atoms with van der Waals surface area (Å²) in [5, 5.41) is 3.21. The zero-order valence-corrected chi connectivity index (χ0v) is 11.5. The van der Waals surface area contributed by atoms with Crippen LogP contribution in [0, 0.1) is 5.41 Å². The van der Waals surface area contributed by atoms with E-state index in [0.717, 1.165) is 0 Å². The van der Waals surface area contributed by atoms with Crippen LogP contribution in [0.2, 0.25) is 5.02 Å². The van der Waals surface area contributed by atoms with Gasteiger partial charge < -0.3 is 10.1 Å². The van der Waals surface area contributed by atoms with Crippen LogP contribution in [0.1, 0.15) is 13.8 Å². The van der Waals surface area contributed by atoms with E-state index < -0.39 is 5.41 Å². The number of nitrogens with one attached hydrogen (secondary N) is 1. The number of carbonyl (C=O) groups excluding carboxylic acids is 1. The number of halogens is 2. The van der Waals surface area contributed by atoms with Gasteiger partial charge in [0.2, 0.25) is 5.91 Å². The summed E-state index contributed by atoms with van der Waals surface area (Å²) in [5.74, 6) is 0.679. The Morgan fingerprint density at radius 1 is 1.47 bits per heavy atom. The molecule has 0 aromatic heterocycles.